The van der Waals surface area contributed by atoms with Crippen LogP contribution < -0.4 is 5.32 Å². The third-order valence-corrected chi connectivity index (χ3v) is 7.54. The van der Waals surface area contributed by atoms with Gasteiger partial charge >= 0.3 is 0 Å². The first-order valence-electron chi connectivity index (χ1n) is 9.37. The number of rotatable bonds is 4. The number of hydrogen-bond acceptors (Lipinski definition) is 3. The molecule has 1 heterocycles. The van der Waals surface area contributed by atoms with E-state index >= 15 is 0 Å². The van der Waals surface area contributed by atoms with Gasteiger partial charge < -0.3 is 5.32 Å². The van der Waals surface area contributed by atoms with Crippen LogP contribution in [0.15, 0.2) is 41.3 Å². The van der Waals surface area contributed by atoms with E-state index in [0.29, 0.717) is 24.7 Å². The van der Waals surface area contributed by atoms with Crippen molar-refractivity contribution in [1.29, 1.82) is 0 Å². The molecule has 0 saturated carbocycles. The number of hydrogen-bond donors (Lipinski definition) is 1. The zero-order chi connectivity index (χ0) is 20.5. The molecule has 5 nitrogen and oxygen atoms in total. The van der Waals surface area contributed by atoms with Crippen LogP contribution in [-0.4, -0.2) is 31.7 Å². The quantitative estimate of drug-likeness (QED) is 0.784. The molecule has 0 bridgehead atoms. The minimum atomic E-state index is -3.75. The number of sulfonamides is 1. The van der Waals surface area contributed by atoms with E-state index in [1.165, 1.54) is 22.5 Å². The monoisotopic (exact) mass is 420 g/mol. The number of halogens is 1. The first-order valence-corrected chi connectivity index (χ1v) is 11.2. The fourth-order valence-corrected chi connectivity index (χ4v) is 5.47. The molecule has 0 radical (unpaired) electrons. The Labute approximate surface area is 171 Å². The van der Waals surface area contributed by atoms with Gasteiger partial charge in [-0.05, 0) is 74.1 Å². The van der Waals surface area contributed by atoms with E-state index in [1.807, 2.05) is 39.0 Å². The van der Waals surface area contributed by atoms with E-state index < -0.39 is 10.0 Å². The van der Waals surface area contributed by atoms with Crippen LogP contribution in [0, 0.1) is 19.8 Å². The van der Waals surface area contributed by atoms with Gasteiger partial charge in [0.1, 0.15) is 4.90 Å². The maximum atomic E-state index is 13.1. The van der Waals surface area contributed by atoms with E-state index in [4.69, 9.17) is 11.6 Å². The molecule has 1 aliphatic rings. The fraction of sp³-hybridized carbons (Fsp3) is 0.381. The lowest BCUT2D eigenvalue weighted by Crippen LogP contribution is -2.39. The number of piperidine rings is 1. The molecule has 1 saturated heterocycles. The normalized spacial score (nSPS) is 18.1. The van der Waals surface area contributed by atoms with Crippen LogP contribution >= 0.6 is 11.6 Å². The molecule has 1 amide bonds. The predicted octanol–water partition coefficient (Wildman–Crippen LogP) is 4.63. The van der Waals surface area contributed by atoms with Crippen LogP contribution in [0.2, 0.25) is 5.02 Å². The van der Waals surface area contributed by atoms with Gasteiger partial charge in [-0.1, -0.05) is 24.6 Å². The molecular formula is C21H25ClN2O3S. The van der Waals surface area contributed by atoms with Gasteiger partial charge in [0.05, 0.1) is 5.02 Å². The number of carbonyl (C=O) groups excluding carboxylic acids is 1. The smallest absolute Gasteiger partial charge is 0.255 e. The van der Waals surface area contributed by atoms with Crippen LogP contribution in [-0.2, 0) is 10.0 Å². The summed E-state index contributed by atoms with van der Waals surface area (Å²) in [5.41, 5.74) is 3.12. The van der Waals surface area contributed by atoms with Gasteiger partial charge in [0, 0.05) is 24.3 Å². The highest BCUT2D eigenvalue weighted by Gasteiger charge is 2.30. The van der Waals surface area contributed by atoms with Gasteiger partial charge in [-0.15, -0.1) is 0 Å². The molecular weight excluding hydrogens is 396 g/mol. The van der Waals surface area contributed by atoms with Crippen LogP contribution in [0.25, 0.3) is 0 Å². The largest absolute Gasteiger partial charge is 0.322 e. The summed E-state index contributed by atoms with van der Waals surface area (Å²) in [5, 5.41) is 2.95. The van der Waals surface area contributed by atoms with Gasteiger partial charge in [-0.25, -0.2) is 8.42 Å². The van der Waals surface area contributed by atoms with Crippen molar-refractivity contribution < 1.29 is 13.2 Å². The van der Waals surface area contributed by atoms with Crippen molar-refractivity contribution in [2.45, 2.75) is 38.5 Å². The molecule has 1 atom stereocenters. The predicted molar refractivity (Wildman–Crippen MR) is 112 cm³/mol. The van der Waals surface area contributed by atoms with E-state index in [9.17, 15) is 13.2 Å². The molecule has 2 aromatic carbocycles. The summed E-state index contributed by atoms with van der Waals surface area (Å²) in [7, 11) is -3.75. The Balaban J connectivity index is 1.88. The van der Waals surface area contributed by atoms with Crippen molar-refractivity contribution >= 4 is 33.2 Å². The third-order valence-electron chi connectivity index (χ3n) is 5.20. The Morgan fingerprint density at radius 1 is 1.14 bits per heavy atom. The zero-order valence-electron chi connectivity index (χ0n) is 16.3. The van der Waals surface area contributed by atoms with Crippen molar-refractivity contribution in [1.82, 2.24) is 4.31 Å². The number of nitrogens with zero attached hydrogens (tertiary/aromatic N) is 1. The summed E-state index contributed by atoms with van der Waals surface area (Å²) in [6, 6.07) is 10.0. The molecule has 1 unspecified atom stereocenters. The Morgan fingerprint density at radius 3 is 2.57 bits per heavy atom. The summed E-state index contributed by atoms with van der Waals surface area (Å²) in [6.45, 7) is 6.95. The van der Waals surface area contributed by atoms with E-state index in [1.54, 1.807) is 0 Å². The SMILES string of the molecule is Cc1ccc(NC(=O)c2ccc(Cl)c(S(=O)(=O)N3CCCC(C)C3)c2)cc1C. The number of nitrogens with one attached hydrogen (secondary N) is 1. The Morgan fingerprint density at radius 2 is 1.89 bits per heavy atom. The van der Waals surface area contributed by atoms with Crippen LogP contribution in [0.1, 0.15) is 41.3 Å². The molecule has 7 heteroatoms. The standard InChI is InChI=1S/C21H25ClN2O3S/c1-14-5-4-10-24(13-14)28(26,27)20-12-17(7-9-19(20)22)21(25)23-18-8-6-15(2)16(3)11-18/h6-9,11-12,14H,4-5,10,13H2,1-3H3,(H,23,25). The lowest BCUT2D eigenvalue weighted by atomic mass is 10.0. The first-order chi connectivity index (χ1) is 13.2. The number of carbonyl (C=O) groups is 1. The molecule has 0 aliphatic carbocycles. The zero-order valence-corrected chi connectivity index (χ0v) is 17.9. The highest BCUT2D eigenvalue weighted by molar-refractivity contribution is 7.89. The summed E-state index contributed by atoms with van der Waals surface area (Å²) in [4.78, 5) is 12.6. The van der Waals surface area contributed by atoms with Crippen LogP contribution in [0.4, 0.5) is 5.69 Å². The Bertz CT molecular complexity index is 1000. The van der Waals surface area contributed by atoms with E-state index in [0.717, 1.165) is 24.0 Å². The molecule has 28 heavy (non-hydrogen) atoms. The van der Waals surface area contributed by atoms with Crippen molar-refractivity contribution in [2.75, 3.05) is 18.4 Å². The van der Waals surface area contributed by atoms with Crippen molar-refractivity contribution in [2.24, 2.45) is 5.92 Å². The number of aryl methyl sites for hydroxylation is 2. The van der Waals surface area contributed by atoms with Gasteiger partial charge in [0.15, 0.2) is 0 Å². The second-order valence-electron chi connectivity index (χ2n) is 7.51. The minimum absolute atomic E-state index is 0.0176. The highest BCUT2D eigenvalue weighted by atomic mass is 35.5. The molecule has 0 aromatic heterocycles. The maximum absolute atomic E-state index is 13.1. The summed E-state index contributed by atoms with van der Waals surface area (Å²) >= 11 is 6.20. The average Bonchev–Trinajstić information content (AvgIpc) is 2.65. The summed E-state index contributed by atoms with van der Waals surface area (Å²) < 4.78 is 27.6. The maximum Gasteiger partial charge on any atom is 0.255 e. The molecule has 1 aliphatic heterocycles. The number of anilines is 1. The van der Waals surface area contributed by atoms with Crippen molar-refractivity contribution in [3.8, 4) is 0 Å². The van der Waals surface area contributed by atoms with Gasteiger partial charge in [0.25, 0.3) is 5.91 Å². The average molecular weight is 421 g/mol. The van der Waals surface area contributed by atoms with E-state index in [2.05, 4.69) is 5.32 Å². The molecule has 150 valence electrons. The van der Waals surface area contributed by atoms with Crippen molar-refractivity contribution in [3.63, 3.8) is 0 Å². The summed E-state index contributed by atoms with van der Waals surface area (Å²) in [6.07, 6.45) is 1.84. The second kappa shape index (κ2) is 8.23. The second-order valence-corrected chi connectivity index (χ2v) is 9.82. The van der Waals surface area contributed by atoms with E-state index in [-0.39, 0.29) is 21.4 Å². The Kier molecular flexibility index (Phi) is 6.12. The fourth-order valence-electron chi connectivity index (χ4n) is 3.37. The topological polar surface area (TPSA) is 66.5 Å². The number of benzene rings is 2. The minimum Gasteiger partial charge on any atom is -0.322 e. The molecule has 1 N–H and O–H groups in total. The highest BCUT2D eigenvalue weighted by Crippen LogP contribution is 2.29. The van der Waals surface area contributed by atoms with Crippen LogP contribution in [0.3, 0.4) is 0 Å². The third kappa shape index (κ3) is 4.40. The lowest BCUT2D eigenvalue weighted by Gasteiger charge is -2.30. The van der Waals surface area contributed by atoms with Gasteiger partial charge in [-0.2, -0.15) is 4.31 Å². The molecule has 2 aromatic rings. The molecule has 1 fully saturated rings. The van der Waals surface area contributed by atoms with Crippen molar-refractivity contribution in [3.05, 3.63) is 58.1 Å². The van der Waals surface area contributed by atoms with Gasteiger partial charge in [0.2, 0.25) is 10.0 Å². The summed E-state index contributed by atoms with van der Waals surface area (Å²) in [5.74, 6) is -0.0676. The van der Waals surface area contributed by atoms with Crippen LogP contribution in [0.5, 0.6) is 0 Å². The van der Waals surface area contributed by atoms with Gasteiger partial charge in [-0.3, -0.25) is 4.79 Å². The Hall–Kier alpha value is -1.89. The molecule has 3 rings (SSSR count). The lowest BCUT2D eigenvalue weighted by molar-refractivity contribution is 0.102. The molecule has 0 spiro atoms. The number of amides is 1. The first kappa shape index (κ1) is 20.8.